The van der Waals surface area contributed by atoms with Crippen LogP contribution in [0.1, 0.15) is 31.2 Å². The first-order chi connectivity index (χ1) is 10.7. The van der Waals surface area contributed by atoms with Crippen LogP contribution in [0.5, 0.6) is 11.5 Å². The number of rotatable bonds is 6. The van der Waals surface area contributed by atoms with Gasteiger partial charge in [-0.3, -0.25) is 4.99 Å². The van der Waals surface area contributed by atoms with Gasteiger partial charge in [0.25, 0.3) is 0 Å². The molecule has 1 aromatic rings. The van der Waals surface area contributed by atoms with Crippen molar-refractivity contribution in [3.05, 3.63) is 23.8 Å². The van der Waals surface area contributed by atoms with E-state index in [0.29, 0.717) is 5.96 Å². The van der Waals surface area contributed by atoms with E-state index in [1.807, 2.05) is 18.2 Å². The maximum Gasteiger partial charge on any atom is 0.191 e. The van der Waals surface area contributed by atoms with Crippen molar-refractivity contribution in [3.63, 3.8) is 0 Å². The van der Waals surface area contributed by atoms with E-state index in [2.05, 4.69) is 9.89 Å². The molecule has 1 aromatic carbocycles. The number of nitrogens with two attached hydrogens (primary N) is 1. The second kappa shape index (κ2) is 8.51. The Morgan fingerprint density at radius 3 is 2.64 bits per heavy atom. The molecule has 1 heterocycles. The van der Waals surface area contributed by atoms with Crippen LogP contribution in [-0.4, -0.2) is 44.7 Å². The van der Waals surface area contributed by atoms with Gasteiger partial charge in [-0.05, 0) is 55.9 Å². The molecular formula is C17H27N3O2. The van der Waals surface area contributed by atoms with E-state index in [-0.39, 0.29) is 0 Å². The molecule has 0 unspecified atom stereocenters. The maximum absolute atomic E-state index is 6.06. The predicted molar refractivity (Wildman–Crippen MR) is 89.8 cm³/mol. The van der Waals surface area contributed by atoms with Gasteiger partial charge < -0.3 is 20.1 Å². The van der Waals surface area contributed by atoms with Crippen molar-refractivity contribution in [2.45, 2.75) is 32.1 Å². The zero-order valence-corrected chi connectivity index (χ0v) is 13.7. The van der Waals surface area contributed by atoms with Gasteiger partial charge in [0, 0.05) is 19.6 Å². The first-order valence-corrected chi connectivity index (χ1v) is 8.00. The van der Waals surface area contributed by atoms with Crippen LogP contribution in [0.15, 0.2) is 23.2 Å². The van der Waals surface area contributed by atoms with Crippen molar-refractivity contribution in [1.29, 1.82) is 0 Å². The van der Waals surface area contributed by atoms with Crippen LogP contribution in [0.25, 0.3) is 0 Å². The van der Waals surface area contributed by atoms with E-state index in [1.54, 1.807) is 14.2 Å². The minimum absolute atomic E-state index is 0.692. The largest absolute Gasteiger partial charge is 0.497 e. The third kappa shape index (κ3) is 4.55. The van der Waals surface area contributed by atoms with E-state index < -0.39 is 0 Å². The van der Waals surface area contributed by atoms with Crippen LogP contribution in [-0.2, 0) is 6.42 Å². The standard InChI is InChI=1S/C17H27N3O2/c1-21-15-8-9-16(22-2)14(13-15)7-6-10-19-17(18)20-11-4-3-5-12-20/h8-9,13H,3-7,10-12H2,1-2H3,(H2,18,19). The van der Waals surface area contributed by atoms with Gasteiger partial charge >= 0.3 is 0 Å². The molecule has 1 aliphatic heterocycles. The second-order valence-electron chi connectivity index (χ2n) is 5.57. The molecule has 0 radical (unpaired) electrons. The zero-order chi connectivity index (χ0) is 15.8. The summed E-state index contributed by atoms with van der Waals surface area (Å²) in [7, 11) is 3.37. The fourth-order valence-electron chi connectivity index (χ4n) is 2.76. The highest BCUT2D eigenvalue weighted by atomic mass is 16.5. The second-order valence-corrected chi connectivity index (χ2v) is 5.57. The maximum atomic E-state index is 6.06. The fourth-order valence-corrected chi connectivity index (χ4v) is 2.76. The third-order valence-electron chi connectivity index (χ3n) is 4.05. The molecule has 0 spiro atoms. The lowest BCUT2D eigenvalue weighted by Gasteiger charge is -2.27. The van der Waals surface area contributed by atoms with Crippen molar-refractivity contribution in [1.82, 2.24) is 4.90 Å². The normalized spacial score (nSPS) is 15.7. The number of benzene rings is 1. The quantitative estimate of drug-likeness (QED) is 0.498. The van der Waals surface area contributed by atoms with E-state index >= 15 is 0 Å². The minimum atomic E-state index is 0.692. The van der Waals surface area contributed by atoms with Gasteiger partial charge in [0.2, 0.25) is 0 Å². The summed E-state index contributed by atoms with van der Waals surface area (Å²) < 4.78 is 10.7. The SMILES string of the molecule is COc1ccc(OC)c(CCCN=C(N)N2CCCCC2)c1. The molecule has 122 valence electrons. The molecule has 22 heavy (non-hydrogen) atoms. The Morgan fingerprint density at radius 2 is 1.95 bits per heavy atom. The molecular weight excluding hydrogens is 278 g/mol. The average molecular weight is 305 g/mol. The molecule has 0 aromatic heterocycles. The highest BCUT2D eigenvalue weighted by Gasteiger charge is 2.11. The van der Waals surface area contributed by atoms with Gasteiger partial charge in [-0.25, -0.2) is 0 Å². The molecule has 2 N–H and O–H groups in total. The van der Waals surface area contributed by atoms with Crippen LogP contribution in [0.2, 0.25) is 0 Å². The molecule has 1 fully saturated rings. The molecule has 5 nitrogen and oxygen atoms in total. The number of aliphatic imine (C=N–C) groups is 1. The minimum Gasteiger partial charge on any atom is -0.497 e. The number of likely N-dealkylation sites (tertiary alicyclic amines) is 1. The lowest BCUT2D eigenvalue weighted by molar-refractivity contribution is 0.338. The Kier molecular flexibility index (Phi) is 6.37. The highest BCUT2D eigenvalue weighted by molar-refractivity contribution is 5.78. The van der Waals surface area contributed by atoms with E-state index in [4.69, 9.17) is 15.2 Å². The molecule has 5 heteroatoms. The lowest BCUT2D eigenvalue weighted by atomic mass is 10.1. The smallest absolute Gasteiger partial charge is 0.191 e. The van der Waals surface area contributed by atoms with Gasteiger partial charge in [0.15, 0.2) is 5.96 Å². The summed E-state index contributed by atoms with van der Waals surface area (Å²) in [6.45, 7) is 2.82. The van der Waals surface area contributed by atoms with Crippen molar-refractivity contribution >= 4 is 5.96 Å². The first-order valence-electron chi connectivity index (χ1n) is 8.00. The topological polar surface area (TPSA) is 60.1 Å². The van der Waals surface area contributed by atoms with Gasteiger partial charge in [-0.1, -0.05) is 0 Å². The van der Waals surface area contributed by atoms with E-state index in [0.717, 1.165) is 49.5 Å². The summed E-state index contributed by atoms with van der Waals surface area (Å²) in [5.41, 5.74) is 7.21. The Labute approximate surface area is 133 Å². The number of hydrogen-bond donors (Lipinski definition) is 1. The Morgan fingerprint density at radius 1 is 1.18 bits per heavy atom. The molecule has 1 saturated heterocycles. The average Bonchev–Trinajstić information content (AvgIpc) is 2.59. The Bertz CT molecular complexity index is 497. The fraction of sp³-hybridized carbons (Fsp3) is 0.588. The molecule has 1 aliphatic rings. The number of piperidine rings is 1. The highest BCUT2D eigenvalue weighted by Crippen LogP contribution is 2.25. The molecule has 0 amide bonds. The number of nitrogens with zero attached hydrogens (tertiary/aromatic N) is 2. The lowest BCUT2D eigenvalue weighted by Crippen LogP contribution is -2.40. The summed E-state index contributed by atoms with van der Waals surface area (Å²) in [4.78, 5) is 6.70. The molecule has 0 saturated carbocycles. The van der Waals surface area contributed by atoms with Crippen molar-refractivity contribution in [2.24, 2.45) is 10.7 Å². The van der Waals surface area contributed by atoms with Crippen LogP contribution < -0.4 is 15.2 Å². The Hall–Kier alpha value is -1.91. The van der Waals surface area contributed by atoms with Crippen LogP contribution in [0, 0.1) is 0 Å². The van der Waals surface area contributed by atoms with Crippen LogP contribution >= 0.6 is 0 Å². The summed E-state index contributed by atoms with van der Waals surface area (Å²) in [6, 6.07) is 5.88. The van der Waals surface area contributed by atoms with Crippen LogP contribution in [0.3, 0.4) is 0 Å². The monoisotopic (exact) mass is 305 g/mol. The summed E-state index contributed by atoms with van der Waals surface area (Å²) >= 11 is 0. The predicted octanol–water partition coefficient (Wildman–Crippen LogP) is 2.44. The number of aryl methyl sites for hydroxylation is 1. The van der Waals surface area contributed by atoms with Gasteiger partial charge in [-0.15, -0.1) is 0 Å². The van der Waals surface area contributed by atoms with E-state index in [1.165, 1.54) is 19.3 Å². The summed E-state index contributed by atoms with van der Waals surface area (Å²) in [6.07, 6.45) is 5.59. The number of hydrogen-bond acceptors (Lipinski definition) is 3. The van der Waals surface area contributed by atoms with Crippen LogP contribution in [0.4, 0.5) is 0 Å². The summed E-state index contributed by atoms with van der Waals surface area (Å²) in [5.74, 6) is 2.44. The van der Waals surface area contributed by atoms with Gasteiger partial charge in [0.05, 0.1) is 14.2 Å². The third-order valence-corrected chi connectivity index (χ3v) is 4.05. The first kappa shape index (κ1) is 16.5. The number of guanidine groups is 1. The van der Waals surface area contributed by atoms with E-state index in [9.17, 15) is 0 Å². The molecule has 2 rings (SSSR count). The van der Waals surface area contributed by atoms with Crippen molar-refractivity contribution < 1.29 is 9.47 Å². The van der Waals surface area contributed by atoms with Crippen molar-refractivity contribution in [3.8, 4) is 11.5 Å². The Balaban J connectivity index is 1.85. The van der Waals surface area contributed by atoms with Gasteiger partial charge in [0.1, 0.15) is 11.5 Å². The molecule has 0 bridgehead atoms. The van der Waals surface area contributed by atoms with Crippen molar-refractivity contribution in [2.75, 3.05) is 33.9 Å². The number of methoxy groups -OCH3 is 2. The molecule has 0 aliphatic carbocycles. The molecule has 0 atom stereocenters. The van der Waals surface area contributed by atoms with Gasteiger partial charge in [-0.2, -0.15) is 0 Å². The zero-order valence-electron chi connectivity index (χ0n) is 13.7. The summed E-state index contributed by atoms with van der Waals surface area (Å²) in [5, 5.41) is 0. The number of ether oxygens (including phenoxy) is 2.